The van der Waals surface area contributed by atoms with Crippen LogP contribution in [0.25, 0.3) is 0 Å². The number of carbonyl (C=O) groups is 1. The maximum Gasteiger partial charge on any atom is 0.223 e. The fourth-order valence-electron chi connectivity index (χ4n) is 3.48. The zero-order valence-electron chi connectivity index (χ0n) is 13.1. The number of rotatable bonds is 5. The molecule has 1 aromatic carbocycles. The maximum absolute atomic E-state index is 12.1. The zero-order chi connectivity index (χ0) is 15.6. The number of nitrogens with one attached hydrogen (secondary N) is 1. The number of amides is 1. The minimum absolute atomic E-state index is 0.0431. The van der Waals surface area contributed by atoms with Crippen molar-refractivity contribution in [1.82, 2.24) is 5.32 Å². The van der Waals surface area contributed by atoms with Crippen molar-refractivity contribution in [3.8, 4) is 0 Å². The fraction of sp³-hybridized carbons (Fsp3) is 0.611. The lowest BCUT2D eigenvalue weighted by Gasteiger charge is -2.27. The van der Waals surface area contributed by atoms with Gasteiger partial charge >= 0.3 is 0 Å². The average Bonchev–Trinajstić information content (AvgIpc) is 3.08. The Morgan fingerprint density at radius 1 is 1.13 bits per heavy atom. The van der Waals surface area contributed by atoms with Crippen LogP contribution < -0.4 is 5.32 Å². The minimum Gasteiger partial charge on any atom is -0.370 e. The largest absolute Gasteiger partial charge is 0.370 e. The zero-order valence-corrected chi connectivity index (χ0v) is 13.1. The van der Waals surface area contributed by atoms with Gasteiger partial charge in [0.1, 0.15) is 18.3 Å². The molecule has 4 atom stereocenters. The lowest BCUT2D eigenvalue weighted by molar-refractivity contribution is -0.128. The molecule has 2 saturated heterocycles. The summed E-state index contributed by atoms with van der Waals surface area (Å²) in [6, 6.07) is 10.1. The first-order chi connectivity index (χ1) is 11.3. The van der Waals surface area contributed by atoms with E-state index < -0.39 is 0 Å². The van der Waals surface area contributed by atoms with E-state index in [1.54, 1.807) is 0 Å². The van der Waals surface area contributed by atoms with E-state index in [9.17, 15) is 4.79 Å². The monoisotopic (exact) mass is 317 g/mol. The van der Waals surface area contributed by atoms with Crippen molar-refractivity contribution in [3.05, 3.63) is 35.9 Å². The Morgan fingerprint density at radius 3 is 2.65 bits per heavy atom. The van der Waals surface area contributed by atoms with Gasteiger partial charge in [-0.05, 0) is 18.4 Å². The summed E-state index contributed by atoms with van der Waals surface area (Å²) >= 11 is 0. The third-order valence-corrected chi connectivity index (χ3v) is 5.12. The van der Waals surface area contributed by atoms with Crippen molar-refractivity contribution >= 4 is 5.91 Å². The third kappa shape index (κ3) is 3.13. The Bertz CT molecular complexity index is 545. The lowest BCUT2D eigenvalue weighted by Crippen LogP contribution is -2.47. The van der Waals surface area contributed by atoms with Crippen LogP contribution in [0.15, 0.2) is 30.3 Å². The van der Waals surface area contributed by atoms with Crippen molar-refractivity contribution in [2.75, 3.05) is 13.2 Å². The highest BCUT2D eigenvalue weighted by Crippen LogP contribution is 2.31. The molecular formula is C18H23NO4. The van der Waals surface area contributed by atoms with Gasteiger partial charge in [0.05, 0.1) is 25.9 Å². The summed E-state index contributed by atoms with van der Waals surface area (Å²) in [5.41, 5.74) is 1.14. The van der Waals surface area contributed by atoms with Gasteiger partial charge in [-0.15, -0.1) is 0 Å². The maximum atomic E-state index is 12.1. The molecule has 0 aromatic heterocycles. The molecule has 1 saturated carbocycles. The van der Waals surface area contributed by atoms with Gasteiger partial charge in [0.2, 0.25) is 5.91 Å². The topological polar surface area (TPSA) is 56.8 Å². The Morgan fingerprint density at radius 2 is 1.91 bits per heavy atom. The number of carbonyl (C=O) groups excluding carboxylic acids is 1. The first-order valence-electron chi connectivity index (χ1n) is 8.50. The molecule has 124 valence electrons. The second-order valence-corrected chi connectivity index (χ2v) is 6.67. The highest BCUT2D eigenvalue weighted by molar-refractivity contribution is 5.79. The summed E-state index contributed by atoms with van der Waals surface area (Å²) in [6.45, 7) is 1.59. The molecule has 1 N–H and O–H groups in total. The van der Waals surface area contributed by atoms with Crippen LogP contribution in [0.2, 0.25) is 0 Å². The normalized spacial score (nSPS) is 33.2. The van der Waals surface area contributed by atoms with Crippen LogP contribution in [0.1, 0.15) is 24.8 Å². The van der Waals surface area contributed by atoms with E-state index in [4.69, 9.17) is 14.2 Å². The summed E-state index contributed by atoms with van der Waals surface area (Å²) in [6.07, 6.45) is 2.96. The number of hydrogen-bond donors (Lipinski definition) is 1. The Kier molecular flexibility index (Phi) is 4.33. The van der Waals surface area contributed by atoms with Crippen molar-refractivity contribution in [3.63, 3.8) is 0 Å². The van der Waals surface area contributed by atoms with Gasteiger partial charge < -0.3 is 19.5 Å². The standard InChI is InChI=1S/C18H23NO4/c20-18(13-7-4-8-13)19-14-10-22-17-15(11-23-16(14)17)21-9-12-5-2-1-3-6-12/h1-3,5-6,13-17H,4,7-11H2,(H,19,20)/t14-,15-,16-,17+/m0/s1. The Balaban J connectivity index is 1.30. The molecule has 4 rings (SSSR count). The number of fused-ring (bicyclic) bond motifs is 1. The molecule has 0 bridgehead atoms. The molecule has 23 heavy (non-hydrogen) atoms. The van der Waals surface area contributed by atoms with Crippen LogP contribution >= 0.6 is 0 Å². The number of hydrogen-bond acceptors (Lipinski definition) is 4. The van der Waals surface area contributed by atoms with Gasteiger partial charge in [-0.25, -0.2) is 0 Å². The molecule has 0 radical (unpaired) electrons. The summed E-state index contributed by atoms with van der Waals surface area (Å²) < 4.78 is 17.7. The smallest absolute Gasteiger partial charge is 0.223 e. The van der Waals surface area contributed by atoms with E-state index in [0.717, 1.165) is 24.8 Å². The van der Waals surface area contributed by atoms with Gasteiger partial charge in [-0.3, -0.25) is 4.79 Å². The van der Waals surface area contributed by atoms with Crippen molar-refractivity contribution in [2.24, 2.45) is 5.92 Å². The van der Waals surface area contributed by atoms with Gasteiger partial charge in [0, 0.05) is 5.92 Å². The van der Waals surface area contributed by atoms with Gasteiger partial charge in [-0.2, -0.15) is 0 Å². The minimum atomic E-state index is -0.0835. The second-order valence-electron chi connectivity index (χ2n) is 6.67. The molecule has 0 spiro atoms. The second kappa shape index (κ2) is 6.59. The highest BCUT2D eigenvalue weighted by Gasteiger charge is 2.49. The Hall–Kier alpha value is -1.43. The molecule has 1 amide bonds. The van der Waals surface area contributed by atoms with E-state index in [-0.39, 0.29) is 36.2 Å². The van der Waals surface area contributed by atoms with Gasteiger partial charge in [0.25, 0.3) is 0 Å². The SMILES string of the molecule is O=C(N[C@H]1CO[C@H]2[C@H]1OC[C@@H]2OCc1ccccc1)C1CCC1. The van der Waals surface area contributed by atoms with Crippen molar-refractivity contribution in [2.45, 2.75) is 50.2 Å². The summed E-state index contributed by atoms with van der Waals surface area (Å²) in [5, 5.41) is 3.10. The van der Waals surface area contributed by atoms with E-state index in [1.165, 1.54) is 0 Å². The van der Waals surface area contributed by atoms with E-state index in [1.807, 2.05) is 30.3 Å². The Labute approximate surface area is 136 Å². The van der Waals surface area contributed by atoms with Crippen LogP contribution in [-0.4, -0.2) is 43.5 Å². The quantitative estimate of drug-likeness (QED) is 0.897. The molecule has 5 nitrogen and oxygen atoms in total. The average molecular weight is 317 g/mol. The molecule has 5 heteroatoms. The summed E-state index contributed by atoms with van der Waals surface area (Å²) in [5.74, 6) is 0.350. The van der Waals surface area contributed by atoms with Gasteiger partial charge in [-0.1, -0.05) is 36.8 Å². The first-order valence-corrected chi connectivity index (χ1v) is 8.50. The molecule has 1 aromatic rings. The van der Waals surface area contributed by atoms with Crippen molar-refractivity contribution < 1.29 is 19.0 Å². The van der Waals surface area contributed by atoms with Crippen LogP contribution in [0.5, 0.6) is 0 Å². The lowest BCUT2D eigenvalue weighted by atomic mass is 9.84. The number of benzene rings is 1. The summed E-state index contributed by atoms with van der Waals surface area (Å²) in [4.78, 5) is 12.1. The highest BCUT2D eigenvalue weighted by atomic mass is 16.6. The first kappa shape index (κ1) is 15.1. The predicted molar refractivity (Wildman–Crippen MR) is 83.8 cm³/mol. The third-order valence-electron chi connectivity index (χ3n) is 5.12. The van der Waals surface area contributed by atoms with E-state index in [0.29, 0.717) is 19.8 Å². The van der Waals surface area contributed by atoms with Crippen LogP contribution in [0.3, 0.4) is 0 Å². The molecule has 1 aliphatic carbocycles. The molecule has 3 fully saturated rings. The number of ether oxygens (including phenoxy) is 3. The predicted octanol–water partition coefficient (Wildman–Crippen LogP) is 1.65. The fourth-order valence-corrected chi connectivity index (χ4v) is 3.48. The van der Waals surface area contributed by atoms with Crippen LogP contribution in [0.4, 0.5) is 0 Å². The van der Waals surface area contributed by atoms with Crippen LogP contribution in [0, 0.1) is 5.92 Å². The van der Waals surface area contributed by atoms with Crippen molar-refractivity contribution in [1.29, 1.82) is 0 Å². The van der Waals surface area contributed by atoms with Crippen LogP contribution in [-0.2, 0) is 25.6 Å². The molecule has 3 aliphatic rings. The molecular weight excluding hydrogens is 294 g/mol. The molecule has 2 heterocycles. The molecule has 2 aliphatic heterocycles. The molecule has 0 unspecified atom stereocenters. The summed E-state index contributed by atoms with van der Waals surface area (Å²) in [7, 11) is 0. The van der Waals surface area contributed by atoms with E-state index >= 15 is 0 Å². The van der Waals surface area contributed by atoms with Gasteiger partial charge in [0.15, 0.2) is 0 Å². The van der Waals surface area contributed by atoms with E-state index in [2.05, 4.69) is 5.32 Å².